The molecule has 0 aliphatic heterocycles. The average molecular weight is 371 g/mol. The van der Waals surface area contributed by atoms with Crippen molar-refractivity contribution in [2.24, 2.45) is 0 Å². The van der Waals surface area contributed by atoms with Gasteiger partial charge in [-0.05, 0) is 31.3 Å². The maximum absolute atomic E-state index is 6.13. The summed E-state index contributed by atoms with van der Waals surface area (Å²) in [5.74, 6) is 0. The molecule has 0 fully saturated rings. The number of likely N-dealkylation sites (N-methyl/N-ethyl adjacent to an activating group) is 1. The van der Waals surface area contributed by atoms with Gasteiger partial charge in [0.05, 0.1) is 6.61 Å². The molecule has 0 saturated carbocycles. The van der Waals surface area contributed by atoms with Crippen LogP contribution in [0.3, 0.4) is 0 Å². The van der Waals surface area contributed by atoms with Gasteiger partial charge in [0.25, 0.3) is 0 Å². The number of rotatable bonds is 6. The van der Waals surface area contributed by atoms with Crippen LogP contribution in [0.1, 0.15) is 17.2 Å². The first-order valence-electron chi connectivity index (χ1n) is 6.74. The van der Waals surface area contributed by atoms with Crippen LogP contribution in [0.25, 0.3) is 0 Å². The van der Waals surface area contributed by atoms with Crippen molar-refractivity contribution in [1.29, 1.82) is 0 Å². The van der Waals surface area contributed by atoms with E-state index in [0.29, 0.717) is 6.61 Å². The number of ether oxygens (including phenoxy) is 1. The lowest BCUT2D eigenvalue weighted by atomic mass is 10.0. The van der Waals surface area contributed by atoms with Gasteiger partial charge < -0.3 is 9.64 Å². The minimum atomic E-state index is -0.0354. The molecule has 0 aliphatic rings. The van der Waals surface area contributed by atoms with E-state index < -0.39 is 0 Å². The summed E-state index contributed by atoms with van der Waals surface area (Å²) in [5.41, 5.74) is 2.34. The Hall–Kier alpha value is -0.870. The van der Waals surface area contributed by atoms with Crippen LogP contribution in [0.5, 0.6) is 0 Å². The van der Waals surface area contributed by atoms with Crippen molar-refractivity contribution >= 4 is 28.3 Å². The summed E-state index contributed by atoms with van der Waals surface area (Å²) >= 11 is 3.62. The molecule has 0 bridgehead atoms. The van der Waals surface area contributed by atoms with Gasteiger partial charge in [-0.1, -0.05) is 64.5 Å². The smallest absolute Gasteiger partial charge is 0.109 e. The third kappa shape index (κ3) is 5.44. The summed E-state index contributed by atoms with van der Waals surface area (Å²) < 4.78 is 7.22. The van der Waals surface area contributed by atoms with Crippen molar-refractivity contribution in [3.05, 3.63) is 70.2 Å². The van der Waals surface area contributed by atoms with E-state index in [9.17, 15) is 0 Å². The quantitative estimate of drug-likeness (QED) is 0.740. The molecule has 4 heteroatoms. The average Bonchev–Trinajstić information content (AvgIpc) is 2.45. The van der Waals surface area contributed by atoms with Crippen LogP contribution in [-0.4, -0.2) is 32.1 Å². The predicted molar refractivity (Wildman–Crippen MR) is 94.2 cm³/mol. The fourth-order valence-electron chi connectivity index (χ4n) is 2.03. The van der Waals surface area contributed by atoms with E-state index >= 15 is 0 Å². The van der Waals surface area contributed by atoms with Gasteiger partial charge in [0.1, 0.15) is 6.10 Å². The Kier molecular flexibility index (Phi) is 7.97. The summed E-state index contributed by atoms with van der Waals surface area (Å²) in [4.78, 5) is 2.13. The highest BCUT2D eigenvalue weighted by Gasteiger charge is 2.16. The molecule has 0 radical (unpaired) electrons. The molecule has 0 amide bonds. The zero-order chi connectivity index (χ0) is 14.4. The minimum absolute atomic E-state index is 0. The van der Waals surface area contributed by atoms with Crippen molar-refractivity contribution in [2.45, 2.75) is 6.10 Å². The van der Waals surface area contributed by atoms with E-state index in [0.717, 1.165) is 16.6 Å². The molecule has 0 heterocycles. The molecule has 0 saturated heterocycles. The first-order chi connectivity index (χ1) is 9.68. The van der Waals surface area contributed by atoms with Crippen molar-refractivity contribution in [2.75, 3.05) is 27.2 Å². The third-order valence-corrected chi connectivity index (χ3v) is 3.84. The van der Waals surface area contributed by atoms with Gasteiger partial charge in [-0.2, -0.15) is 0 Å². The van der Waals surface area contributed by atoms with E-state index in [1.807, 2.05) is 18.2 Å². The highest BCUT2D eigenvalue weighted by atomic mass is 79.9. The number of hydrogen-bond acceptors (Lipinski definition) is 2. The van der Waals surface area contributed by atoms with Gasteiger partial charge in [-0.15, -0.1) is 12.4 Å². The van der Waals surface area contributed by atoms with Crippen LogP contribution >= 0.6 is 28.3 Å². The lowest BCUT2D eigenvalue weighted by molar-refractivity contribution is 0.0683. The molecule has 114 valence electrons. The molecule has 2 aromatic carbocycles. The lowest BCUT2D eigenvalue weighted by Gasteiger charge is -2.21. The monoisotopic (exact) mass is 369 g/mol. The number of halogens is 2. The van der Waals surface area contributed by atoms with Gasteiger partial charge in [-0.25, -0.2) is 0 Å². The maximum Gasteiger partial charge on any atom is 0.109 e. The Bertz CT molecular complexity index is 533. The molecule has 0 N–H and O–H groups in total. The van der Waals surface area contributed by atoms with Gasteiger partial charge in [0, 0.05) is 11.0 Å². The summed E-state index contributed by atoms with van der Waals surface area (Å²) in [6.07, 6.45) is -0.0354. The normalized spacial score (nSPS) is 12.0. The minimum Gasteiger partial charge on any atom is -0.367 e. The van der Waals surface area contributed by atoms with Crippen molar-refractivity contribution < 1.29 is 4.74 Å². The largest absolute Gasteiger partial charge is 0.367 e. The molecular formula is C17H21BrClNO. The molecule has 2 aromatic rings. The Balaban J connectivity index is 0.00000220. The Morgan fingerprint density at radius 2 is 1.62 bits per heavy atom. The molecule has 0 aliphatic carbocycles. The highest BCUT2D eigenvalue weighted by molar-refractivity contribution is 9.10. The summed E-state index contributed by atoms with van der Waals surface area (Å²) in [6.45, 7) is 1.61. The summed E-state index contributed by atoms with van der Waals surface area (Å²) in [5, 5.41) is 0. The van der Waals surface area contributed by atoms with E-state index in [4.69, 9.17) is 4.74 Å². The predicted octanol–water partition coefficient (Wildman–Crippen LogP) is 4.54. The molecule has 0 aromatic heterocycles. The van der Waals surface area contributed by atoms with E-state index in [-0.39, 0.29) is 18.5 Å². The van der Waals surface area contributed by atoms with Crippen LogP contribution in [0.4, 0.5) is 0 Å². The Morgan fingerprint density at radius 3 is 2.24 bits per heavy atom. The van der Waals surface area contributed by atoms with Crippen molar-refractivity contribution in [3.63, 3.8) is 0 Å². The van der Waals surface area contributed by atoms with Crippen molar-refractivity contribution in [1.82, 2.24) is 4.90 Å². The van der Waals surface area contributed by atoms with Crippen LogP contribution in [0, 0.1) is 0 Å². The molecule has 1 atom stereocenters. The van der Waals surface area contributed by atoms with E-state index in [1.165, 1.54) is 5.56 Å². The lowest BCUT2D eigenvalue weighted by Crippen LogP contribution is -2.20. The van der Waals surface area contributed by atoms with Crippen molar-refractivity contribution in [3.8, 4) is 0 Å². The molecule has 21 heavy (non-hydrogen) atoms. The fraction of sp³-hybridized carbons (Fsp3) is 0.294. The topological polar surface area (TPSA) is 12.5 Å². The SMILES string of the molecule is CN(C)CCOC(c1ccccc1)c1ccccc1Br.Cl. The second-order valence-electron chi connectivity index (χ2n) is 4.99. The standard InChI is InChI=1S/C17H20BrNO.ClH/c1-19(2)12-13-20-17(14-8-4-3-5-9-14)15-10-6-7-11-16(15)18;/h3-11,17H,12-13H2,1-2H3;1H. The molecule has 2 rings (SSSR count). The summed E-state index contributed by atoms with van der Waals surface area (Å²) in [7, 11) is 4.11. The van der Waals surface area contributed by atoms with Crippen LogP contribution in [-0.2, 0) is 4.74 Å². The second kappa shape index (κ2) is 9.21. The van der Waals surface area contributed by atoms with Gasteiger partial charge in [-0.3, -0.25) is 0 Å². The fourth-order valence-corrected chi connectivity index (χ4v) is 2.53. The highest BCUT2D eigenvalue weighted by Crippen LogP contribution is 2.31. The van der Waals surface area contributed by atoms with Crippen LogP contribution in [0.2, 0.25) is 0 Å². The zero-order valence-electron chi connectivity index (χ0n) is 12.3. The van der Waals surface area contributed by atoms with Crippen LogP contribution in [0.15, 0.2) is 59.1 Å². The first-order valence-corrected chi connectivity index (χ1v) is 7.53. The van der Waals surface area contributed by atoms with E-state index in [2.05, 4.69) is 71.3 Å². The second-order valence-corrected chi connectivity index (χ2v) is 5.84. The number of nitrogens with zero attached hydrogens (tertiary/aromatic N) is 1. The molecule has 2 nitrogen and oxygen atoms in total. The van der Waals surface area contributed by atoms with Gasteiger partial charge >= 0.3 is 0 Å². The van der Waals surface area contributed by atoms with Gasteiger partial charge in [0.15, 0.2) is 0 Å². The molecule has 0 spiro atoms. The van der Waals surface area contributed by atoms with Crippen LogP contribution < -0.4 is 0 Å². The Morgan fingerprint density at radius 1 is 1.00 bits per heavy atom. The number of benzene rings is 2. The first kappa shape index (κ1) is 18.2. The van der Waals surface area contributed by atoms with Gasteiger partial charge in [0.2, 0.25) is 0 Å². The third-order valence-electron chi connectivity index (χ3n) is 3.11. The molecular weight excluding hydrogens is 350 g/mol. The molecule has 1 unspecified atom stereocenters. The van der Waals surface area contributed by atoms with E-state index in [1.54, 1.807) is 0 Å². The number of hydrogen-bond donors (Lipinski definition) is 0. The Labute approximate surface area is 141 Å². The zero-order valence-corrected chi connectivity index (χ0v) is 14.7. The maximum atomic E-state index is 6.13. The summed E-state index contributed by atoms with van der Waals surface area (Å²) in [6, 6.07) is 18.6.